The van der Waals surface area contributed by atoms with Gasteiger partial charge in [-0.2, -0.15) is 0 Å². The fourth-order valence-electron chi connectivity index (χ4n) is 2.23. The van der Waals surface area contributed by atoms with Gasteiger partial charge in [0.15, 0.2) is 0 Å². The minimum absolute atomic E-state index is 0.0514. The van der Waals surface area contributed by atoms with Gasteiger partial charge in [0.2, 0.25) is 5.91 Å². The van der Waals surface area contributed by atoms with Gasteiger partial charge in [-0.15, -0.1) is 5.10 Å². The maximum atomic E-state index is 12.3. The number of hydrogen-bond acceptors (Lipinski definition) is 5. The van der Waals surface area contributed by atoms with Crippen molar-refractivity contribution in [1.29, 1.82) is 0 Å². The van der Waals surface area contributed by atoms with E-state index < -0.39 is 0 Å². The number of aromatic nitrogens is 3. The van der Waals surface area contributed by atoms with Gasteiger partial charge < -0.3 is 15.4 Å². The molecule has 0 radical (unpaired) electrons. The smallest absolute Gasteiger partial charge is 0.244 e. The van der Waals surface area contributed by atoms with Gasteiger partial charge in [0.1, 0.15) is 6.54 Å². The number of nitrogens with two attached hydrogens (primary N) is 1. The number of ether oxygens (including phenoxy) is 1. The minimum atomic E-state index is 0.0514. The molecule has 1 amide bonds. The molecule has 0 spiro atoms. The Balaban J connectivity index is 2.00. The lowest BCUT2D eigenvalue weighted by atomic mass is 10.1. The van der Waals surface area contributed by atoms with E-state index in [9.17, 15) is 4.79 Å². The fraction of sp³-hybridized carbons (Fsp3) is 0.750. The van der Waals surface area contributed by atoms with Crippen LogP contribution in [0.1, 0.15) is 26.0 Å². The molecule has 0 aromatic carbocycles. The molecule has 2 rings (SSSR count). The predicted molar refractivity (Wildman–Crippen MR) is 69.1 cm³/mol. The van der Waals surface area contributed by atoms with Crippen molar-refractivity contribution in [3.63, 3.8) is 0 Å². The number of rotatable bonds is 4. The Hall–Kier alpha value is -1.47. The summed E-state index contributed by atoms with van der Waals surface area (Å²) in [5, 5.41) is 7.78. The van der Waals surface area contributed by atoms with E-state index in [1.54, 1.807) is 6.20 Å². The third-order valence-corrected chi connectivity index (χ3v) is 3.35. The van der Waals surface area contributed by atoms with Crippen molar-refractivity contribution < 1.29 is 9.53 Å². The second-order valence-electron chi connectivity index (χ2n) is 4.86. The van der Waals surface area contributed by atoms with E-state index in [1.165, 1.54) is 4.68 Å². The summed E-state index contributed by atoms with van der Waals surface area (Å²) < 4.78 is 7.13. The van der Waals surface area contributed by atoms with Crippen LogP contribution in [-0.2, 0) is 22.6 Å². The second kappa shape index (κ2) is 6.12. The molecule has 106 valence electrons. The van der Waals surface area contributed by atoms with Gasteiger partial charge in [-0.05, 0) is 13.3 Å². The zero-order valence-electron chi connectivity index (χ0n) is 11.5. The number of morpholine rings is 1. The maximum absolute atomic E-state index is 12.3. The van der Waals surface area contributed by atoms with Crippen molar-refractivity contribution in [2.24, 2.45) is 5.73 Å². The summed E-state index contributed by atoms with van der Waals surface area (Å²) in [6.07, 6.45) is 2.69. The summed E-state index contributed by atoms with van der Waals surface area (Å²) in [7, 11) is 0. The normalized spacial score (nSPS) is 23.6. The lowest BCUT2D eigenvalue weighted by Crippen LogP contribution is -2.52. The van der Waals surface area contributed by atoms with Crippen LogP contribution in [0.2, 0.25) is 0 Å². The third-order valence-electron chi connectivity index (χ3n) is 3.35. The number of nitrogens with zero attached hydrogens (tertiary/aromatic N) is 4. The van der Waals surface area contributed by atoms with E-state index >= 15 is 0 Å². The molecule has 1 saturated heterocycles. The molecule has 1 aromatic rings. The molecule has 19 heavy (non-hydrogen) atoms. The molecule has 7 heteroatoms. The van der Waals surface area contributed by atoms with Gasteiger partial charge in [-0.25, -0.2) is 4.68 Å². The van der Waals surface area contributed by atoms with Crippen LogP contribution in [-0.4, -0.2) is 51.1 Å². The van der Waals surface area contributed by atoms with Gasteiger partial charge in [-0.1, -0.05) is 12.1 Å². The van der Waals surface area contributed by atoms with Gasteiger partial charge in [-0.3, -0.25) is 4.79 Å². The van der Waals surface area contributed by atoms with Crippen molar-refractivity contribution in [1.82, 2.24) is 19.9 Å². The molecule has 0 saturated carbocycles. The van der Waals surface area contributed by atoms with Crippen LogP contribution < -0.4 is 5.73 Å². The molecule has 2 N–H and O–H groups in total. The summed E-state index contributed by atoms with van der Waals surface area (Å²) in [6.45, 7) is 5.82. The predicted octanol–water partition coefficient (Wildman–Crippen LogP) is -0.237. The van der Waals surface area contributed by atoms with Crippen molar-refractivity contribution in [3.8, 4) is 0 Å². The lowest BCUT2D eigenvalue weighted by Gasteiger charge is -2.38. The maximum Gasteiger partial charge on any atom is 0.244 e. The highest BCUT2D eigenvalue weighted by atomic mass is 16.5. The molecule has 1 aliphatic rings. The molecule has 1 aliphatic heterocycles. The Morgan fingerprint density at radius 1 is 1.63 bits per heavy atom. The average molecular weight is 267 g/mol. The highest BCUT2D eigenvalue weighted by molar-refractivity contribution is 5.76. The molecular formula is C12H21N5O2. The molecular weight excluding hydrogens is 246 g/mol. The summed E-state index contributed by atoms with van der Waals surface area (Å²) >= 11 is 0. The van der Waals surface area contributed by atoms with Crippen LogP contribution in [0, 0.1) is 0 Å². The topological polar surface area (TPSA) is 86.3 Å². The summed E-state index contributed by atoms with van der Waals surface area (Å²) in [5.41, 5.74) is 6.16. The highest BCUT2D eigenvalue weighted by Gasteiger charge is 2.29. The quantitative estimate of drug-likeness (QED) is 0.814. The van der Waals surface area contributed by atoms with Crippen LogP contribution in [0.5, 0.6) is 0 Å². The van der Waals surface area contributed by atoms with Crippen LogP contribution in [0.15, 0.2) is 6.20 Å². The van der Waals surface area contributed by atoms with E-state index in [2.05, 4.69) is 17.2 Å². The molecule has 1 fully saturated rings. The first-order chi connectivity index (χ1) is 9.13. The molecule has 1 aromatic heterocycles. The van der Waals surface area contributed by atoms with Crippen LogP contribution in [0.4, 0.5) is 0 Å². The third kappa shape index (κ3) is 3.30. The number of carbonyl (C=O) groups is 1. The number of amides is 1. The highest BCUT2D eigenvalue weighted by Crippen LogP contribution is 2.15. The van der Waals surface area contributed by atoms with Crippen molar-refractivity contribution >= 4 is 5.91 Å². The van der Waals surface area contributed by atoms with E-state index in [1.807, 2.05) is 11.8 Å². The van der Waals surface area contributed by atoms with Crippen molar-refractivity contribution in [2.75, 3.05) is 13.2 Å². The zero-order chi connectivity index (χ0) is 13.8. The molecule has 0 aliphatic carbocycles. The lowest BCUT2D eigenvalue weighted by molar-refractivity contribution is -0.145. The Labute approximate surface area is 112 Å². The SMILES string of the molecule is CCC1COC(C)CN1C(=O)Cn1cc(CN)nn1. The monoisotopic (exact) mass is 267 g/mol. The van der Waals surface area contributed by atoms with E-state index in [4.69, 9.17) is 10.5 Å². The number of hydrogen-bond donors (Lipinski definition) is 1. The second-order valence-corrected chi connectivity index (χ2v) is 4.86. The Bertz CT molecular complexity index is 434. The molecule has 7 nitrogen and oxygen atoms in total. The Kier molecular flexibility index (Phi) is 4.49. The number of carbonyl (C=O) groups excluding carboxylic acids is 1. The van der Waals surface area contributed by atoms with Crippen LogP contribution in [0.3, 0.4) is 0 Å². The minimum Gasteiger partial charge on any atom is -0.375 e. The zero-order valence-corrected chi connectivity index (χ0v) is 11.5. The van der Waals surface area contributed by atoms with Crippen LogP contribution >= 0.6 is 0 Å². The van der Waals surface area contributed by atoms with E-state index in [0.717, 1.165) is 6.42 Å². The van der Waals surface area contributed by atoms with Gasteiger partial charge in [0.25, 0.3) is 0 Å². The van der Waals surface area contributed by atoms with Crippen LogP contribution in [0.25, 0.3) is 0 Å². The molecule has 2 heterocycles. The summed E-state index contributed by atoms with van der Waals surface area (Å²) in [5.74, 6) is 0.0514. The Morgan fingerprint density at radius 2 is 2.42 bits per heavy atom. The Morgan fingerprint density at radius 3 is 3.05 bits per heavy atom. The largest absolute Gasteiger partial charge is 0.375 e. The van der Waals surface area contributed by atoms with Gasteiger partial charge >= 0.3 is 0 Å². The van der Waals surface area contributed by atoms with Gasteiger partial charge in [0.05, 0.1) is 30.6 Å². The summed E-state index contributed by atoms with van der Waals surface area (Å²) in [4.78, 5) is 14.2. The first-order valence-electron chi connectivity index (χ1n) is 6.64. The molecule has 2 unspecified atom stereocenters. The van der Waals surface area contributed by atoms with E-state index in [0.29, 0.717) is 25.4 Å². The first-order valence-corrected chi connectivity index (χ1v) is 6.64. The van der Waals surface area contributed by atoms with Crippen molar-refractivity contribution in [2.45, 2.75) is 45.5 Å². The molecule has 0 bridgehead atoms. The summed E-state index contributed by atoms with van der Waals surface area (Å²) in [6, 6.07) is 0.154. The van der Waals surface area contributed by atoms with E-state index in [-0.39, 0.29) is 24.6 Å². The van der Waals surface area contributed by atoms with Crippen molar-refractivity contribution in [3.05, 3.63) is 11.9 Å². The average Bonchev–Trinajstić information content (AvgIpc) is 2.86. The van der Waals surface area contributed by atoms with Gasteiger partial charge in [0, 0.05) is 13.1 Å². The fourth-order valence-corrected chi connectivity index (χ4v) is 2.23. The standard InChI is InChI=1S/C12H21N5O2/c1-3-11-8-19-9(2)5-17(11)12(18)7-16-6-10(4-13)14-15-16/h6,9,11H,3-5,7-8,13H2,1-2H3. The molecule has 2 atom stereocenters. The first kappa shape index (κ1) is 14.0.